The number of ether oxygens (including phenoxy) is 3. The topological polar surface area (TPSA) is 67.3 Å². The van der Waals surface area contributed by atoms with Crippen LogP contribution in [0.3, 0.4) is 0 Å². The van der Waals surface area contributed by atoms with Gasteiger partial charge in [-0.2, -0.15) is 13.2 Å². The Morgan fingerprint density at radius 2 is 1.82 bits per heavy atom. The number of aromatic nitrogens is 1. The Kier molecular flexibility index (Phi) is 8.76. The fourth-order valence-corrected chi connectivity index (χ4v) is 3.76. The number of benzene rings is 1. The molecule has 1 aromatic carbocycles. The van der Waals surface area contributed by atoms with Crippen LogP contribution in [0.4, 0.5) is 19.0 Å². The summed E-state index contributed by atoms with van der Waals surface area (Å²) in [5, 5.41) is 10.4. The van der Waals surface area contributed by atoms with Crippen molar-refractivity contribution < 1.29 is 32.5 Å². The quantitative estimate of drug-likeness (QED) is 0.605. The molecule has 1 fully saturated rings. The molecule has 0 saturated carbocycles. The Balaban J connectivity index is 1.43. The van der Waals surface area contributed by atoms with Crippen molar-refractivity contribution in [3.05, 3.63) is 47.7 Å². The highest BCUT2D eigenvalue weighted by Crippen LogP contribution is 2.30. The third-order valence-corrected chi connectivity index (χ3v) is 5.48. The molecule has 1 saturated heterocycles. The number of β-amino-alcohol motifs (C(OH)–C–C–N with tert-alkyl or cyclic N) is 1. The number of aliphatic hydroxyl groups excluding tert-OH is 1. The molecule has 1 N–H and O–H groups in total. The van der Waals surface area contributed by atoms with E-state index < -0.39 is 17.8 Å². The number of nitrogens with zero attached hydrogens (tertiary/aromatic N) is 3. The van der Waals surface area contributed by atoms with Gasteiger partial charge in [-0.1, -0.05) is 6.07 Å². The van der Waals surface area contributed by atoms with Gasteiger partial charge in [0, 0.05) is 32.4 Å². The molecule has 0 radical (unpaired) electrons. The largest absolute Gasteiger partial charge is 0.493 e. The minimum absolute atomic E-state index is 0.190. The minimum atomic E-state index is -4.39. The van der Waals surface area contributed by atoms with Gasteiger partial charge in [-0.15, -0.1) is 0 Å². The fourth-order valence-electron chi connectivity index (χ4n) is 3.76. The van der Waals surface area contributed by atoms with Crippen molar-refractivity contribution >= 4 is 5.82 Å². The first-order valence-electron chi connectivity index (χ1n) is 10.8. The molecular formula is C23H30F3N3O4. The zero-order valence-electron chi connectivity index (χ0n) is 18.8. The molecule has 1 aliphatic rings. The maximum Gasteiger partial charge on any atom is 0.417 e. The highest BCUT2D eigenvalue weighted by Gasteiger charge is 2.31. The molecule has 10 heteroatoms. The molecule has 2 heterocycles. The van der Waals surface area contributed by atoms with Gasteiger partial charge in [0.25, 0.3) is 0 Å². The monoisotopic (exact) mass is 469 g/mol. The van der Waals surface area contributed by atoms with Crippen LogP contribution in [0.15, 0.2) is 36.5 Å². The molecule has 3 rings (SSSR count). The second-order valence-electron chi connectivity index (χ2n) is 7.90. The maximum atomic E-state index is 12.7. The number of halogens is 3. The second-order valence-corrected chi connectivity index (χ2v) is 7.90. The Morgan fingerprint density at radius 3 is 2.48 bits per heavy atom. The molecule has 2 aromatic rings. The van der Waals surface area contributed by atoms with Crippen molar-refractivity contribution in [3.63, 3.8) is 0 Å². The van der Waals surface area contributed by atoms with E-state index in [1.807, 2.05) is 23.1 Å². The van der Waals surface area contributed by atoms with E-state index in [9.17, 15) is 18.3 Å². The molecule has 0 spiro atoms. The summed E-state index contributed by atoms with van der Waals surface area (Å²) in [5.74, 6) is 1.79. The number of alkyl halides is 3. The van der Waals surface area contributed by atoms with E-state index in [-0.39, 0.29) is 6.61 Å². The van der Waals surface area contributed by atoms with Crippen LogP contribution in [0, 0.1) is 0 Å². The number of pyridine rings is 1. The van der Waals surface area contributed by atoms with Gasteiger partial charge in [-0.25, -0.2) is 4.98 Å². The lowest BCUT2D eigenvalue weighted by Crippen LogP contribution is -2.37. The maximum absolute atomic E-state index is 12.7. The Bertz CT molecular complexity index is 880. The van der Waals surface area contributed by atoms with Gasteiger partial charge in [-0.3, -0.25) is 4.90 Å². The lowest BCUT2D eigenvalue weighted by Gasteiger charge is -2.24. The summed E-state index contributed by atoms with van der Waals surface area (Å²) in [6.07, 6.45) is -3.35. The van der Waals surface area contributed by atoms with E-state index in [4.69, 9.17) is 14.2 Å². The van der Waals surface area contributed by atoms with Crippen LogP contribution in [0.2, 0.25) is 0 Å². The SMILES string of the molecule is COc1ccc(COCC(O)CN2CCCN(c3ccc(C(F)(F)F)cn3)CC2)cc1OC. The summed E-state index contributed by atoms with van der Waals surface area (Å²) in [7, 11) is 3.15. The molecule has 0 amide bonds. The number of hydrogen-bond donors (Lipinski definition) is 1. The number of methoxy groups -OCH3 is 2. The van der Waals surface area contributed by atoms with E-state index in [0.717, 1.165) is 30.8 Å². The number of hydrogen-bond acceptors (Lipinski definition) is 7. The smallest absolute Gasteiger partial charge is 0.417 e. The average Bonchev–Trinajstić information content (AvgIpc) is 3.04. The fraction of sp³-hybridized carbons (Fsp3) is 0.522. The van der Waals surface area contributed by atoms with Gasteiger partial charge in [0.1, 0.15) is 5.82 Å². The van der Waals surface area contributed by atoms with Crippen LogP contribution in [0.25, 0.3) is 0 Å². The summed E-state index contributed by atoms with van der Waals surface area (Å²) < 4.78 is 54.4. The highest BCUT2D eigenvalue weighted by atomic mass is 19.4. The molecule has 33 heavy (non-hydrogen) atoms. The first-order chi connectivity index (χ1) is 15.8. The third-order valence-electron chi connectivity index (χ3n) is 5.48. The van der Waals surface area contributed by atoms with Crippen LogP contribution in [0.5, 0.6) is 11.5 Å². The van der Waals surface area contributed by atoms with Crippen molar-refractivity contribution in [2.45, 2.75) is 25.3 Å². The summed E-state index contributed by atoms with van der Waals surface area (Å²) in [5.41, 5.74) is 0.160. The third kappa shape index (κ3) is 7.21. The minimum Gasteiger partial charge on any atom is -0.493 e. The molecule has 1 unspecified atom stereocenters. The zero-order chi connectivity index (χ0) is 23.8. The summed E-state index contributed by atoms with van der Waals surface area (Å²) in [4.78, 5) is 8.10. The molecule has 182 valence electrons. The van der Waals surface area contributed by atoms with Crippen molar-refractivity contribution in [3.8, 4) is 11.5 Å². The Morgan fingerprint density at radius 1 is 1.03 bits per heavy atom. The van der Waals surface area contributed by atoms with Crippen molar-refractivity contribution in [1.82, 2.24) is 9.88 Å². The van der Waals surface area contributed by atoms with E-state index in [1.54, 1.807) is 14.2 Å². The first kappa shape index (κ1) is 25.1. The molecule has 7 nitrogen and oxygen atoms in total. The second kappa shape index (κ2) is 11.5. The highest BCUT2D eigenvalue weighted by molar-refractivity contribution is 5.42. The predicted molar refractivity (Wildman–Crippen MR) is 118 cm³/mol. The Labute approximate surface area is 191 Å². The van der Waals surface area contributed by atoms with Crippen LogP contribution in [0.1, 0.15) is 17.5 Å². The summed E-state index contributed by atoms with van der Waals surface area (Å²) in [6, 6.07) is 8.00. The summed E-state index contributed by atoms with van der Waals surface area (Å²) in [6.45, 7) is 3.76. The van der Waals surface area contributed by atoms with Crippen LogP contribution >= 0.6 is 0 Å². The molecule has 0 bridgehead atoms. The molecule has 1 aromatic heterocycles. The first-order valence-corrected chi connectivity index (χ1v) is 10.8. The number of rotatable bonds is 9. The van der Waals surface area contributed by atoms with Crippen LogP contribution in [-0.2, 0) is 17.5 Å². The van der Waals surface area contributed by atoms with Gasteiger partial charge >= 0.3 is 6.18 Å². The predicted octanol–water partition coefficient (Wildman–Crippen LogP) is 3.21. The lowest BCUT2D eigenvalue weighted by atomic mass is 10.2. The summed E-state index contributed by atoms with van der Waals surface area (Å²) >= 11 is 0. The van der Waals surface area contributed by atoms with Gasteiger partial charge in [0.2, 0.25) is 0 Å². The van der Waals surface area contributed by atoms with Gasteiger partial charge in [0.05, 0.1) is 39.1 Å². The van der Waals surface area contributed by atoms with Crippen molar-refractivity contribution in [1.29, 1.82) is 0 Å². The molecule has 1 atom stereocenters. The van der Waals surface area contributed by atoms with Gasteiger partial charge in [-0.05, 0) is 42.8 Å². The molecular weight excluding hydrogens is 439 g/mol. The Hall–Kier alpha value is -2.56. The normalized spacial score (nSPS) is 16.4. The van der Waals surface area contributed by atoms with Crippen molar-refractivity contribution in [2.24, 2.45) is 0 Å². The van der Waals surface area contributed by atoms with E-state index >= 15 is 0 Å². The van der Waals surface area contributed by atoms with E-state index in [1.165, 1.54) is 6.07 Å². The standard InChI is InChI=1S/C23H30F3N3O4/c1-31-20-6-4-17(12-21(20)32-2)15-33-16-19(30)14-28-8-3-9-29(11-10-28)22-7-5-18(13-27-22)23(24,25)26/h4-7,12-13,19,30H,3,8-11,14-16H2,1-2H3. The van der Waals surface area contributed by atoms with Crippen molar-refractivity contribution in [2.75, 3.05) is 58.5 Å². The number of anilines is 1. The average molecular weight is 470 g/mol. The van der Waals surface area contributed by atoms with Gasteiger partial charge < -0.3 is 24.2 Å². The van der Waals surface area contributed by atoms with Crippen LogP contribution < -0.4 is 14.4 Å². The van der Waals surface area contributed by atoms with E-state index in [0.29, 0.717) is 50.1 Å². The van der Waals surface area contributed by atoms with Gasteiger partial charge in [0.15, 0.2) is 11.5 Å². The van der Waals surface area contributed by atoms with Crippen LogP contribution in [-0.4, -0.2) is 74.6 Å². The van der Waals surface area contributed by atoms with E-state index in [2.05, 4.69) is 9.88 Å². The molecule has 0 aliphatic carbocycles. The number of aliphatic hydroxyl groups is 1. The lowest BCUT2D eigenvalue weighted by molar-refractivity contribution is -0.137. The molecule has 1 aliphatic heterocycles. The zero-order valence-corrected chi connectivity index (χ0v) is 18.8.